The predicted molar refractivity (Wildman–Crippen MR) is 513 cm³/mol. The second-order valence-electron chi connectivity index (χ2n) is 28.9. The molecular formula is C97H61N31O10S. The second kappa shape index (κ2) is 40.4. The Bertz CT molecular complexity index is 8480. The van der Waals surface area contributed by atoms with Crippen molar-refractivity contribution in [3.8, 4) is 46.0 Å². The number of amides is 5. The Morgan fingerprint density at radius 3 is 1.09 bits per heavy atom. The Kier molecular flexibility index (Phi) is 26.0. The summed E-state index contributed by atoms with van der Waals surface area (Å²) in [7, 11) is 0. The SMILES string of the molecule is [C-]#[N+]c1cnn(-c2nc3ccccc3o2)c1N=Nc1c(O)c(C(=O)Nc2ccccc2)cc2ccccc12.[C-]#[N+]c1cnn(-c2ncccn2)c1N=Nc1c(O)c(C(=O)Nc2ccccc2C(N)=O)cc2ccccc12.[C-]#[N+]c1cnn(-c2ncccn2)c1N=Nc1c(O)c(C(N)=O)cc2ccccc12.[C-]#[N+]c1cnn(-c2nccs2)c1N=Nc1c(O)c(C(=O)Nc2ccccc2)cc2ccccc12. The van der Waals surface area contributed by atoms with Gasteiger partial charge in [-0.15, -0.1) is 52.3 Å². The van der Waals surface area contributed by atoms with Gasteiger partial charge in [0, 0.05) is 69.3 Å². The molecule has 20 rings (SSSR count). The molecule has 0 aliphatic carbocycles. The van der Waals surface area contributed by atoms with E-state index in [0.717, 1.165) is 0 Å². The highest BCUT2D eigenvalue weighted by atomic mass is 32.1. The van der Waals surface area contributed by atoms with Gasteiger partial charge in [-0.1, -0.05) is 158 Å². The van der Waals surface area contributed by atoms with Gasteiger partial charge in [-0.2, -0.15) is 44.1 Å². The molecule has 670 valence electrons. The van der Waals surface area contributed by atoms with Gasteiger partial charge >= 0.3 is 6.01 Å². The van der Waals surface area contributed by atoms with Crippen LogP contribution in [0.25, 0.3) is 96.6 Å². The van der Waals surface area contributed by atoms with E-state index in [-0.39, 0.29) is 132 Å². The number of hydrogen-bond acceptors (Lipinski definition) is 29. The van der Waals surface area contributed by atoms with Gasteiger partial charge in [0.25, 0.3) is 64.2 Å². The number of primary amides is 2. The Hall–Kier alpha value is -21.3. The molecule has 0 saturated heterocycles. The van der Waals surface area contributed by atoms with Gasteiger partial charge in [-0.3, -0.25) is 24.0 Å². The fraction of sp³-hybridized carbons (Fsp3) is 0. The molecule has 8 aromatic heterocycles. The normalized spacial score (nSPS) is 11.1. The number of aromatic nitrogens is 14. The molecule has 0 aliphatic heterocycles. The molecule has 0 bridgehead atoms. The van der Waals surface area contributed by atoms with Crippen molar-refractivity contribution in [2.75, 3.05) is 16.0 Å². The molecule has 8 heterocycles. The molecule has 139 heavy (non-hydrogen) atoms. The first-order chi connectivity index (χ1) is 67.8. The van der Waals surface area contributed by atoms with Crippen LogP contribution in [-0.2, 0) is 0 Å². The first kappa shape index (κ1) is 89.7. The molecule has 20 aromatic rings. The maximum Gasteiger partial charge on any atom is 0.324 e. The smallest absolute Gasteiger partial charge is 0.324 e. The summed E-state index contributed by atoms with van der Waals surface area (Å²) < 4.78 is 11.0. The highest BCUT2D eigenvalue weighted by Gasteiger charge is 2.28. The van der Waals surface area contributed by atoms with Crippen LogP contribution in [0.1, 0.15) is 51.8 Å². The highest BCUT2D eigenvalue weighted by Crippen LogP contribution is 2.47. The van der Waals surface area contributed by atoms with Crippen LogP contribution in [0.2, 0.25) is 0 Å². The molecule has 0 aliphatic rings. The van der Waals surface area contributed by atoms with Crippen molar-refractivity contribution in [3.05, 3.63) is 377 Å². The van der Waals surface area contributed by atoms with Gasteiger partial charge in [0.15, 0.2) is 51.9 Å². The van der Waals surface area contributed by atoms with Crippen molar-refractivity contribution >= 4 is 181 Å². The lowest BCUT2D eigenvalue weighted by atomic mass is 10.0. The minimum atomic E-state index is -0.797. The second-order valence-corrected chi connectivity index (χ2v) is 29.8. The molecule has 5 amide bonds. The number of anilines is 3. The number of phenolic OH excluding ortho intramolecular Hbond substituents is 3. The zero-order chi connectivity index (χ0) is 96.6. The largest absolute Gasteiger partial charge is 0.505 e. The van der Waals surface area contributed by atoms with Crippen LogP contribution >= 0.6 is 11.3 Å². The quantitative estimate of drug-likeness (QED) is 0.0253. The number of phenols is 4. The van der Waals surface area contributed by atoms with E-state index >= 15 is 0 Å². The van der Waals surface area contributed by atoms with Crippen LogP contribution < -0.4 is 27.4 Å². The number of nitrogens with zero attached hydrogens (tertiary/aromatic N) is 26. The van der Waals surface area contributed by atoms with E-state index in [1.165, 1.54) is 104 Å². The van der Waals surface area contributed by atoms with Crippen molar-refractivity contribution in [1.82, 2.24) is 69.0 Å². The van der Waals surface area contributed by atoms with E-state index < -0.39 is 41.0 Å². The molecule has 0 spiro atoms. The Balaban J connectivity index is 0.000000129. The molecule has 0 unspecified atom stereocenters. The first-order valence-electron chi connectivity index (χ1n) is 40.9. The summed E-state index contributed by atoms with van der Waals surface area (Å²) in [6, 6.07) is 69.3. The minimum Gasteiger partial charge on any atom is -0.505 e. The van der Waals surface area contributed by atoms with Crippen molar-refractivity contribution in [3.63, 3.8) is 0 Å². The average molecular weight is 1850 g/mol. The lowest BCUT2D eigenvalue weighted by Crippen LogP contribution is -2.18. The third kappa shape index (κ3) is 19.1. The summed E-state index contributed by atoms with van der Waals surface area (Å²) >= 11 is 1.33. The number of hydrogen-bond donors (Lipinski definition) is 9. The molecule has 0 atom stereocenters. The van der Waals surface area contributed by atoms with Crippen molar-refractivity contribution in [2.45, 2.75) is 0 Å². The summed E-state index contributed by atoms with van der Waals surface area (Å²) in [4.78, 5) is 102. The number of azo groups is 4. The van der Waals surface area contributed by atoms with E-state index in [9.17, 15) is 44.4 Å². The van der Waals surface area contributed by atoms with Gasteiger partial charge in [-0.05, 0) is 106 Å². The number of nitrogens with two attached hydrogens (primary N) is 2. The van der Waals surface area contributed by atoms with E-state index in [4.69, 9.17) is 42.2 Å². The molecular weight excluding hydrogens is 1790 g/mol. The number of oxazole rings is 1. The molecule has 0 fully saturated rings. The number of rotatable bonds is 20. The lowest BCUT2D eigenvalue weighted by Gasteiger charge is -2.12. The summed E-state index contributed by atoms with van der Waals surface area (Å²) in [5, 5.41) is 110. The summed E-state index contributed by atoms with van der Waals surface area (Å²) in [5.41, 5.74) is 14.0. The van der Waals surface area contributed by atoms with Crippen LogP contribution in [0.4, 0.5) is 85.8 Å². The monoisotopic (exact) mass is 1850 g/mol. The Labute approximate surface area is 786 Å². The number of nitrogens with one attached hydrogen (secondary N) is 3. The van der Waals surface area contributed by atoms with Crippen molar-refractivity contribution < 1.29 is 48.8 Å². The summed E-state index contributed by atoms with van der Waals surface area (Å²) in [6.07, 6.45) is 13.0. The predicted octanol–water partition coefficient (Wildman–Crippen LogP) is 21.9. The maximum absolute atomic E-state index is 13.2. The van der Waals surface area contributed by atoms with Gasteiger partial charge in [0.2, 0.25) is 5.13 Å². The van der Waals surface area contributed by atoms with Crippen LogP contribution in [-0.4, -0.2) is 119 Å². The number of aromatic hydroxyl groups is 4. The van der Waals surface area contributed by atoms with E-state index in [1.54, 1.807) is 188 Å². The highest BCUT2D eigenvalue weighted by molar-refractivity contribution is 7.12. The van der Waals surface area contributed by atoms with Crippen LogP contribution in [0, 0.1) is 26.3 Å². The maximum atomic E-state index is 13.2. The number of carbonyl (C=O) groups is 5. The van der Waals surface area contributed by atoms with Crippen molar-refractivity contribution in [1.29, 1.82) is 0 Å². The standard InChI is InChI=1S/C28H17N7O3.C26H17N9O3.C24H15N7O2S.C19H12N8O2/c1-29-22-16-30-35(28-32-21-13-7-8-14-23(21)38-28)26(22)34-33-24-19-12-6-5-9-17(19)15-20(25(24)36)27(37)31-18-10-3-2-4-11-18;1-28-20-14-31-35(26-29-11-6-12-30-26)24(20)34-33-21-16-8-3-2-7-15(16)13-18(22(21)36)25(38)32-19-10-5-4-9-17(19)23(27)37;1-25-19-14-27-31(24-26-11-12-34-24)22(19)30-29-20-17-10-6-5-7-15(17)13-18(21(20)32)23(33)28-16-8-3-2-4-9-16;1-21-14-10-24-27(19-22-7-4-8-23-19)18(14)26-25-15-12-6-3-2-5-11(12)9-13(16(15)28)17(20)29/h2-16,36H,(H,31,37);2-14,36H,(H2,27,37)(H,32,38);2-14,32H,(H,28,33);2-10,28H,(H2,20,29). The van der Waals surface area contributed by atoms with Crippen LogP contribution in [0.3, 0.4) is 0 Å². The Morgan fingerprint density at radius 2 is 0.691 bits per heavy atom. The third-order valence-electron chi connectivity index (χ3n) is 20.4. The number of carbonyl (C=O) groups excluding carboxylic acids is 5. The molecule has 0 radical (unpaired) electrons. The zero-order valence-electron chi connectivity index (χ0n) is 71.3. The Morgan fingerprint density at radius 1 is 0.353 bits per heavy atom. The summed E-state index contributed by atoms with van der Waals surface area (Å²) in [6.45, 7) is 29.7. The fourth-order valence-electron chi connectivity index (χ4n) is 13.9. The molecule has 11 N–H and O–H groups in total. The number of thiazole rings is 1. The molecule has 41 nitrogen and oxygen atoms in total. The topological polar surface area (TPSA) is 532 Å². The number of fused-ring (bicyclic) bond motifs is 5. The molecule has 0 saturated carbocycles. The number of para-hydroxylation sites is 5. The van der Waals surface area contributed by atoms with Gasteiger partial charge in [-0.25, -0.2) is 44.3 Å². The van der Waals surface area contributed by atoms with E-state index in [1.807, 2.05) is 42.5 Å². The van der Waals surface area contributed by atoms with Gasteiger partial charge < -0.3 is 52.3 Å². The van der Waals surface area contributed by atoms with Gasteiger partial charge in [0.1, 0.15) is 28.3 Å². The van der Waals surface area contributed by atoms with Crippen molar-refractivity contribution in [2.24, 2.45) is 52.4 Å². The van der Waals surface area contributed by atoms with E-state index in [2.05, 4.69) is 127 Å². The van der Waals surface area contributed by atoms with Crippen LogP contribution in [0.15, 0.2) is 349 Å². The van der Waals surface area contributed by atoms with E-state index in [0.29, 0.717) is 70.7 Å². The zero-order valence-corrected chi connectivity index (χ0v) is 72.1. The fourth-order valence-corrected chi connectivity index (χ4v) is 14.5. The first-order valence-corrected chi connectivity index (χ1v) is 41.7. The lowest BCUT2D eigenvalue weighted by molar-refractivity contribution is 0.0989. The average Bonchev–Trinajstić information content (AvgIpc) is 1.16. The van der Waals surface area contributed by atoms with Crippen LogP contribution in [0.5, 0.6) is 23.0 Å². The molecule has 42 heteroatoms. The number of benzene rings is 12. The van der Waals surface area contributed by atoms with Gasteiger partial charge in [0.05, 0.1) is 84.6 Å². The molecule has 12 aromatic carbocycles. The third-order valence-corrected chi connectivity index (χ3v) is 21.1. The summed E-state index contributed by atoms with van der Waals surface area (Å²) in [5.74, 6) is -3.97. The minimum absolute atomic E-state index is 0.00547.